The highest BCUT2D eigenvalue weighted by Gasteiger charge is 2.12. The number of esters is 1. The van der Waals surface area contributed by atoms with Crippen LogP contribution < -0.4 is 11.5 Å². The first-order valence-electron chi connectivity index (χ1n) is 5.37. The summed E-state index contributed by atoms with van der Waals surface area (Å²) in [6.07, 6.45) is 2.46. The highest BCUT2D eigenvalue weighted by molar-refractivity contribution is 5.75. The van der Waals surface area contributed by atoms with Gasteiger partial charge < -0.3 is 21.3 Å². The zero-order chi connectivity index (χ0) is 12.1. The van der Waals surface area contributed by atoms with E-state index in [2.05, 4.69) is 0 Å². The quantitative estimate of drug-likeness (QED) is 0.432. The number of hydrogen-bond donors (Lipinski definition) is 3. The smallest absolute Gasteiger partial charge is 0.322 e. The Labute approximate surface area is 91.8 Å². The van der Waals surface area contributed by atoms with Crippen molar-refractivity contribution in [1.82, 2.24) is 0 Å². The minimum Gasteiger partial charge on any atom is -0.465 e. The zero-order valence-electron chi connectivity index (χ0n) is 9.74. The van der Waals surface area contributed by atoms with Crippen molar-refractivity contribution >= 4 is 5.97 Å². The van der Waals surface area contributed by atoms with Crippen molar-refractivity contribution in [2.45, 2.75) is 39.2 Å². The van der Waals surface area contributed by atoms with E-state index in [1.54, 1.807) is 13.8 Å². The monoisotopic (exact) mass is 220 g/mol. The molecule has 15 heavy (non-hydrogen) atoms. The van der Waals surface area contributed by atoms with Gasteiger partial charge in [0.05, 0.1) is 6.61 Å². The number of nitrogens with two attached hydrogens (primary N) is 2. The Balaban J connectivity index is 0. The standard InChI is InChI=1S/C8H18N2O2.C2H6O/c1-2-12-8(11)7(10)5-3-4-6-9;1-2-3/h7H,2-6,9-10H2,1H3;3H,2H2,1H3/t7-;/m0./s1. The number of carbonyl (C=O) groups is 1. The van der Waals surface area contributed by atoms with Crippen molar-refractivity contribution in [3.63, 3.8) is 0 Å². The lowest BCUT2D eigenvalue weighted by Gasteiger charge is -2.09. The molecule has 0 aromatic heterocycles. The molecule has 0 unspecified atom stereocenters. The summed E-state index contributed by atoms with van der Waals surface area (Å²) in [5.41, 5.74) is 10.8. The first kappa shape index (κ1) is 16.8. The number of aliphatic hydroxyl groups is 1. The van der Waals surface area contributed by atoms with Gasteiger partial charge in [0.2, 0.25) is 0 Å². The summed E-state index contributed by atoms with van der Waals surface area (Å²) in [4.78, 5) is 11.0. The molecule has 5 nitrogen and oxygen atoms in total. The molecular weight excluding hydrogens is 196 g/mol. The van der Waals surface area contributed by atoms with Crippen molar-refractivity contribution in [3.8, 4) is 0 Å². The van der Waals surface area contributed by atoms with Gasteiger partial charge in [-0.25, -0.2) is 0 Å². The summed E-state index contributed by atoms with van der Waals surface area (Å²) in [5, 5.41) is 7.57. The van der Waals surface area contributed by atoms with Crippen LogP contribution in [0.15, 0.2) is 0 Å². The van der Waals surface area contributed by atoms with Crippen molar-refractivity contribution in [3.05, 3.63) is 0 Å². The van der Waals surface area contributed by atoms with E-state index < -0.39 is 6.04 Å². The number of rotatable bonds is 6. The SMILES string of the molecule is CCO.CCOC(=O)[C@@H](N)CCCCN. The molecule has 0 radical (unpaired) electrons. The van der Waals surface area contributed by atoms with Gasteiger partial charge in [0, 0.05) is 6.61 Å². The van der Waals surface area contributed by atoms with Gasteiger partial charge in [-0.15, -0.1) is 0 Å². The van der Waals surface area contributed by atoms with Gasteiger partial charge in [-0.1, -0.05) is 6.42 Å². The van der Waals surface area contributed by atoms with Crippen LogP contribution in [0.4, 0.5) is 0 Å². The largest absolute Gasteiger partial charge is 0.465 e. The third-order valence-electron chi connectivity index (χ3n) is 1.56. The predicted molar refractivity (Wildman–Crippen MR) is 60.3 cm³/mol. The van der Waals surface area contributed by atoms with Crippen LogP contribution in [0.25, 0.3) is 0 Å². The second-order valence-corrected chi connectivity index (χ2v) is 2.96. The van der Waals surface area contributed by atoms with Crippen LogP contribution in [-0.4, -0.2) is 36.9 Å². The molecule has 1 atom stereocenters. The summed E-state index contributed by atoms with van der Waals surface area (Å²) in [6.45, 7) is 4.74. The van der Waals surface area contributed by atoms with Crippen molar-refractivity contribution in [2.75, 3.05) is 19.8 Å². The number of carbonyl (C=O) groups excluding carboxylic acids is 1. The third kappa shape index (κ3) is 13.3. The highest BCUT2D eigenvalue weighted by Crippen LogP contribution is 1.99. The molecule has 0 aliphatic carbocycles. The molecule has 0 spiro atoms. The molecule has 0 saturated carbocycles. The molecule has 0 aromatic rings. The Morgan fingerprint density at radius 1 is 1.40 bits per heavy atom. The van der Waals surface area contributed by atoms with E-state index in [9.17, 15) is 4.79 Å². The molecule has 0 aromatic carbocycles. The molecule has 5 heteroatoms. The van der Waals surface area contributed by atoms with Crippen LogP contribution in [0, 0.1) is 0 Å². The molecule has 92 valence electrons. The molecular formula is C10H24N2O3. The number of unbranched alkanes of at least 4 members (excludes halogenated alkanes) is 1. The zero-order valence-corrected chi connectivity index (χ0v) is 9.74. The van der Waals surface area contributed by atoms with Gasteiger partial charge in [0.15, 0.2) is 0 Å². The van der Waals surface area contributed by atoms with Crippen LogP contribution in [0.5, 0.6) is 0 Å². The molecule has 0 heterocycles. The molecule has 0 rings (SSSR count). The van der Waals surface area contributed by atoms with E-state index in [1.165, 1.54) is 0 Å². The Hall–Kier alpha value is -0.650. The van der Waals surface area contributed by atoms with E-state index >= 15 is 0 Å². The van der Waals surface area contributed by atoms with Crippen LogP contribution in [0.2, 0.25) is 0 Å². The lowest BCUT2D eigenvalue weighted by Crippen LogP contribution is -2.32. The summed E-state index contributed by atoms with van der Waals surface area (Å²) < 4.78 is 4.74. The van der Waals surface area contributed by atoms with E-state index in [-0.39, 0.29) is 12.6 Å². The molecule has 0 fully saturated rings. The number of aliphatic hydroxyl groups excluding tert-OH is 1. The maximum absolute atomic E-state index is 11.0. The van der Waals surface area contributed by atoms with Crippen LogP contribution >= 0.6 is 0 Å². The van der Waals surface area contributed by atoms with Crippen molar-refractivity contribution in [1.29, 1.82) is 0 Å². The summed E-state index contributed by atoms with van der Waals surface area (Å²) in [5.74, 6) is -0.311. The summed E-state index contributed by atoms with van der Waals surface area (Å²) >= 11 is 0. The first-order valence-corrected chi connectivity index (χ1v) is 5.37. The highest BCUT2D eigenvalue weighted by atomic mass is 16.5. The normalized spacial score (nSPS) is 11.3. The Bertz CT molecular complexity index is 143. The minimum absolute atomic E-state index is 0.250. The van der Waals surface area contributed by atoms with Crippen LogP contribution in [-0.2, 0) is 9.53 Å². The van der Waals surface area contributed by atoms with Gasteiger partial charge in [-0.05, 0) is 33.2 Å². The second-order valence-electron chi connectivity index (χ2n) is 2.96. The van der Waals surface area contributed by atoms with Gasteiger partial charge in [0.25, 0.3) is 0 Å². The molecule has 0 aliphatic rings. The van der Waals surface area contributed by atoms with Crippen molar-refractivity contribution in [2.24, 2.45) is 11.5 Å². The van der Waals surface area contributed by atoms with Crippen LogP contribution in [0.3, 0.4) is 0 Å². The molecule has 0 bridgehead atoms. The number of ether oxygens (including phenoxy) is 1. The second kappa shape index (κ2) is 13.4. The van der Waals surface area contributed by atoms with Crippen LogP contribution in [0.1, 0.15) is 33.1 Å². The van der Waals surface area contributed by atoms with E-state index in [4.69, 9.17) is 21.3 Å². The van der Waals surface area contributed by atoms with Crippen molar-refractivity contribution < 1.29 is 14.6 Å². The maximum Gasteiger partial charge on any atom is 0.322 e. The topological polar surface area (TPSA) is 98.6 Å². The van der Waals surface area contributed by atoms with Gasteiger partial charge >= 0.3 is 5.97 Å². The predicted octanol–water partition coefficient (Wildman–Crippen LogP) is 0.00440. The first-order chi connectivity index (χ1) is 7.13. The van der Waals surface area contributed by atoms with Gasteiger partial charge in [-0.2, -0.15) is 0 Å². The fourth-order valence-electron chi connectivity index (χ4n) is 0.876. The summed E-state index contributed by atoms with van der Waals surface area (Å²) in [7, 11) is 0. The minimum atomic E-state index is -0.475. The van der Waals surface area contributed by atoms with E-state index in [1.807, 2.05) is 0 Å². The Kier molecular flexibility index (Phi) is 14.9. The fraction of sp³-hybridized carbons (Fsp3) is 0.900. The molecule has 0 saturated heterocycles. The summed E-state index contributed by atoms with van der Waals surface area (Å²) in [6, 6.07) is -0.475. The van der Waals surface area contributed by atoms with E-state index in [0.717, 1.165) is 12.8 Å². The molecule has 0 aliphatic heterocycles. The lowest BCUT2D eigenvalue weighted by molar-refractivity contribution is -0.144. The molecule has 5 N–H and O–H groups in total. The van der Waals surface area contributed by atoms with E-state index in [0.29, 0.717) is 19.6 Å². The Morgan fingerprint density at radius 2 is 1.93 bits per heavy atom. The van der Waals surface area contributed by atoms with Gasteiger partial charge in [0.1, 0.15) is 6.04 Å². The lowest BCUT2D eigenvalue weighted by atomic mass is 10.1. The average Bonchev–Trinajstić information content (AvgIpc) is 2.19. The Morgan fingerprint density at radius 3 is 2.33 bits per heavy atom. The fourth-order valence-corrected chi connectivity index (χ4v) is 0.876. The average molecular weight is 220 g/mol. The molecule has 0 amide bonds. The van der Waals surface area contributed by atoms with Gasteiger partial charge in [-0.3, -0.25) is 4.79 Å². The third-order valence-corrected chi connectivity index (χ3v) is 1.56. The number of hydrogen-bond acceptors (Lipinski definition) is 5. The maximum atomic E-state index is 11.0.